The molecule has 3 amide bonds. The van der Waals surface area contributed by atoms with Crippen LogP contribution in [0.15, 0.2) is 72.8 Å². The van der Waals surface area contributed by atoms with Crippen molar-refractivity contribution in [1.82, 2.24) is 14.7 Å². The van der Waals surface area contributed by atoms with Gasteiger partial charge in [0.1, 0.15) is 23.0 Å². The number of ether oxygens (including phenoxy) is 3. The number of carbonyl (C=O) groups is 3. The van der Waals surface area contributed by atoms with Gasteiger partial charge in [-0.2, -0.15) is 0 Å². The van der Waals surface area contributed by atoms with E-state index in [0.29, 0.717) is 42.9 Å². The quantitative estimate of drug-likeness (QED) is 0.168. The molecule has 0 saturated carbocycles. The molecule has 0 radical (unpaired) electrons. The number of carbonyl (C=O) groups excluding carboxylic acids is 3. The summed E-state index contributed by atoms with van der Waals surface area (Å²) in [6.45, 7) is 4.19. The van der Waals surface area contributed by atoms with Gasteiger partial charge < -0.3 is 34.0 Å². The summed E-state index contributed by atoms with van der Waals surface area (Å²) < 4.78 is 19.7. The highest BCUT2D eigenvalue weighted by atomic mass is 16.5. The Hall–Kier alpha value is -5.51. The van der Waals surface area contributed by atoms with Gasteiger partial charge >= 0.3 is 0 Å². The molecule has 8 rings (SSSR count). The number of fused-ring (bicyclic) bond motifs is 8. The number of benzene rings is 4. The van der Waals surface area contributed by atoms with Crippen molar-refractivity contribution in [2.45, 2.75) is 83.5 Å². The predicted octanol–water partition coefficient (Wildman–Crippen LogP) is 7.24. The number of para-hydroxylation sites is 4. The van der Waals surface area contributed by atoms with Crippen molar-refractivity contribution in [3.8, 4) is 23.0 Å². The Kier molecular flexibility index (Phi) is 13.0. The second-order valence-corrected chi connectivity index (χ2v) is 16.5. The molecule has 10 nitrogen and oxygen atoms in total. The molecule has 59 heavy (non-hydrogen) atoms. The summed E-state index contributed by atoms with van der Waals surface area (Å²) in [5, 5.41) is 11.9. The second-order valence-electron chi connectivity index (χ2n) is 16.5. The van der Waals surface area contributed by atoms with Crippen LogP contribution in [0.25, 0.3) is 0 Å². The summed E-state index contributed by atoms with van der Waals surface area (Å²) >= 11 is 0. The molecule has 3 fully saturated rings. The van der Waals surface area contributed by atoms with E-state index < -0.39 is 0 Å². The van der Waals surface area contributed by atoms with Gasteiger partial charge in [0.2, 0.25) is 0 Å². The maximum absolute atomic E-state index is 13.6. The first kappa shape index (κ1) is 40.3. The highest BCUT2D eigenvalue weighted by molar-refractivity contribution is 5.79. The van der Waals surface area contributed by atoms with Crippen LogP contribution in [-0.2, 0) is 40.1 Å². The van der Waals surface area contributed by atoms with Gasteiger partial charge in [0.25, 0.3) is 17.7 Å². The summed E-state index contributed by atoms with van der Waals surface area (Å²) in [4.78, 5) is 46.1. The van der Waals surface area contributed by atoms with E-state index in [-0.39, 0.29) is 43.3 Å². The lowest BCUT2D eigenvalue weighted by Crippen LogP contribution is -2.38. The molecule has 0 atom stereocenters. The minimum absolute atomic E-state index is 0.0296. The Labute approximate surface area is 348 Å². The highest BCUT2D eigenvalue weighted by Crippen LogP contribution is 2.38. The van der Waals surface area contributed by atoms with E-state index in [2.05, 4.69) is 0 Å². The zero-order valence-electron chi connectivity index (χ0n) is 34.2. The summed E-state index contributed by atoms with van der Waals surface area (Å²) in [7, 11) is 0. The summed E-state index contributed by atoms with van der Waals surface area (Å²) in [6, 6.07) is 23.9. The van der Waals surface area contributed by atoms with E-state index in [9.17, 15) is 19.5 Å². The predicted molar refractivity (Wildman–Crippen MR) is 226 cm³/mol. The minimum Gasteiger partial charge on any atom is -0.507 e. The topological polar surface area (TPSA) is 109 Å². The number of aromatic hydroxyl groups is 1. The molecule has 3 heterocycles. The lowest BCUT2D eigenvalue weighted by atomic mass is 9.91. The molecule has 0 unspecified atom stereocenters. The number of hydrogen-bond donors (Lipinski definition) is 1. The third-order valence-corrected chi connectivity index (χ3v) is 12.4. The number of hydrogen-bond acceptors (Lipinski definition) is 7. The molecular weight excluding hydrogens is 743 g/mol. The fourth-order valence-electron chi connectivity index (χ4n) is 9.16. The third kappa shape index (κ3) is 9.69. The van der Waals surface area contributed by atoms with Crippen LogP contribution in [0.4, 0.5) is 0 Å². The maximum atomic E-state index is 13.6. The van der Waals surface area contributed by atoms with Gasteiger partial charge in [-0.3, -0.25) is 14.4 Å². The fourth-order valence-corrected chi connectivity index (χ4v) is 9.16. The van der Waals surface area contributed by atoms with Crippen LogP contribution in [0.2, 0.25) is 0 Å². The highest BCUT2D eigenvalue weighted by Gasteiger charge is 2.25. The molecular formula is C49H57N3O7. The van der Waals surface area contributed by atoms with E-state index in [1.165, 1.54) is 0 Å². The smallest absolute Gasteiger partial charge is 0.260 e. The molecule has 10 heteroatoms. The summed E-state index contributed by atoms with van der Waals surface area (Å²) in [6.07, 6.45) is 11.0. The van der Waals surface area contributed by atoms with Crippen molar-refractivity contribution in [3.05, 3.63) is 117 Å². The van der Waals surface area contributed by atoms with Crippen LogP contribution in [0.1, 0.15) is 102 Å². The zero-order valence-corrected chi connectivity index (χ0v) is 34.2. The van der Waals surface area contributed by atoms with Crippen LogP contribution in [0, 0.1) is 0 Å². The molecule has 3 aliphatic heterocycles. The monoisotopic (exact) mass is 799 g/mol. The molecule has 3 saturated heterocycles. The first-order valence-corrected chi connectivity index (χ1v) is 21.7. The van der Waals surface area contributed by atoms with E-state index >= 15 is 0 Å². The number of amides is 3. The number of rotatable bonds is 9. The minimum atomic E-state index is -0.0839. The summed E-state index contributed by atoms with van der Waals surface area (Å²) in [5.74, 6) is 1.98. The first-order valence-electron chi connectivity index (χ1n) is 21.7. The van der Waals surface area contributed by atoms with Gasteiger partial charge in [-0.15, -0.1) is 0 Å². The van der Waals surface area contributed by atoms with Crippen LogP contribution in [0.5, 0.6) is 23.0 Å². The van der Waals surface area contributed by atoms with Crippen LogP contribution in [0.3, 0.4) is 0 Å². The van der Waals surface area contributed by atoms with Gasteiger partial charge in [-0.05, 0) is 102 Å². The Morgan fingerprint density at radius 1 is 0.390 bits per heavy atom. The summed E-state index contributed by atoms with van der Waals surface area (Å²) in [5.41, 5.74) is 6.71. The maximum Gasteiger partial charge on any atom is 0.260 e. The Morgan fingerprint density at radius 3 is 0.898 bits per heavy atom. The van der Waals surface area contributed by atoms with Crippen molar-refractivity contribution in [3.63, 3.8) is 0 Å². The van der Waals surface area contributed by atoms with Crippen molar-refractivity contribution in [2.24, 2.45) is 0 Å². The van der Waals surface area contributed by atoms with Crippen molar-refractivity contribution >= 4 is 17.7 Å². The number of phenols is 1. The molecule has 4 aliphatic rings. The van der Waals surface area contributed by atoms with E-state index in [4.69, 9.17) is 14.2 Å². The largest absolute Gasteiger partial charge is 0.507 e. The SMILES string of the molecule is O=C(COc1c2cccc1Cc1cccc(c1OCC(=O)N1CCCCC1)Cc1cccc(c1OCC(=O)N1CCCCC1)Cc1cccc(c1O)C2)N1CCCCC1. The van der Waals surface area contributed by atoms with Crippen molar-refractivity contribution < 1.29 is 33.7 Å². The van der Waals surface area contributed by atoms with Crippen LogP contribution in [-0.4, -0.2) is 96.6 Å². The Morgan fingerprint density at radius 2 is 0.627 bits per heavy atom. The normalized spacial score (nSPS) is 16.9. The fraction of sp³-hybridized carbons (Fsp3) is 0.449. The van der Waals surface area contributed by atoms with Gasteiger partial charge in [-0.25, -0.2) is 0 Å². The van der Waals surface area contributed by atoms with Crippen molar-refractivity contribution in [1.29, 1.82) is 0 Å². The number of nitrogens with zero attached hydrogens (tertiary/aromatic N) is 3. The average molecular weight is 800 g/mol. The van der Waals surface area contributed by atoms with Gasteiger partial charge in [-0.1, -0.05) is 72.8 Å². The molecule has 8 bridgehead atoms. The van der Waals surface area contributed by atoms with E-state index in [1.54, 1.807) is 0 Å². The Bertz CT molecular complexity index is 2010. The van der Waals surface area contributed by atoms with E-state index in [0.717, 1.165) is 142 Å². The second kappa shape index (κ2) is 19.0. The first-order chi connectivity index (χ1) is 28.9. The van der Waals surface area contributed by atoms with Gasteiger partial charge in [0, 0.05) is 65.0 Å². The Balaban J connectivity index is 1.20. The number of likely N-dealkylation sites (tertiary alicyclic amines) is 3. The van der Waals surface area contributed by atoms with Gasteiger partial charge in [0.15, 0.2) is 19.8 Å². The van der Waals surface area contributed by atoms with Crippen molar-refractivity contribution in [2.75, 3.05) is 59.1 Å². The molecule has 0 aromatic heterocycles. The lowest BCUT2D eigenvalue weighted by molar-refractivity contribution is -0.135. The molecule has 4 aromatic carbocycles. The standard InChI is InChI=1S/C49H57N3O7/c53-43(50-22-4-1-5-23-50)32-57-47-37-16-11-18-39(47)30-41-20-13-21-42(49(41)59-34-45(55)52-26-8-3-9-27-52)31-40-19-12-17-38(29-36-15-10-14-35(28-37)46(36)56)48(40)58-33-44(54)51-24-6-2-7-25-51/h10-21,56H,1-9,22-34H2. The third-order valence-electron chi connectivity index (χ3n) is 12.4. The lowest BCUT2D eigenvalue weighted by Gasteiger charge is -2.28. The van der Waals surface area contributed by atoms with E-state index in [1.807, 2.05) is 87.5 Å². The number of piperidine rings is 3. The van der Waals surface area contributed by atoms with Crippen LogP contribution < -0.4 is 14.2 Å². The zero-order chi connectivity index (χ0) is 40.6. The van der Waals surface area contributed by atoms with Crippen LogP contribution >= 0.6 is 0 Å². The average Bonchev–Trinajstić information content (AvgIpc) is 3.27. The van der Waals surface area contributed by atoms with Gasteiger partial charge in [0.05, 0.1) is 0 Å². The molecule has 4 aromatic rings. The number of phenolic OH excluding ortho intramolecular Hbond substituents is 1. The molecule has 1 N–H and O–H groups in total. The molecule has 310 valence electrons. The molecule has 0 spiro atoms. The molecule has 1 aliphatic carbocycles.